The summed E-state index contributed by atoms with van der Waals surface area (Å²) in [5.41, 5.74) is 4.06. The first-order chi connectivity index (χ1) is 12.7. The Morgan fingerprint density at radius 2 is 1.77 bits per heavy atom. The first-order valence-electron chi connectivity index (χ1n) is 8.72. The number of hydrogen-bond donors (Lipinski definition) is 0. The van der Waals surface area contributed by atoms with Crippen LogP contribution in [0.15, 0.2) is 29.9 Å². The molecule has 26 heavy (non-hydrogen) atoms. The number of aromatic nitrogens is 5. The molecule has 1 saturated heterocycles. The Kier molecular flexibility index (Phi) is 3.53. The van der Waals surface area contributed by atoms with E-state index in [4.69, 9.17) is 5.10 Å². The van der Waals surface area contributed by atoms with Crippen LogP contribution < -0.4 is 9.80 Å². The monoisotopic (exact) mass is 365 g/mol. The molecule has 4 aromatic rings. The number of nitrogens with zero attached hydrogens (tertiary/aromatic N) is 7. The third-order valence-electron chi connectivity index (χ3n) is 5.05. The summed E-state index contributed by atoms with van der Waals surface area (Å²) in [6.45, 7) is 7.77. The van der Waals surface area contributed by atoms with Crippen LogP contribution in [0.4, 0.5) is 11.6 Å². The molecule has 1 aliphatic rings. The summed E-state index contributed by atoms with van der Waals surface area (Å²) >= 11 is 1.71. The largest absolute Gasteiger partial charge is 0.352 e. The van der Waals surface area contributed by atoms with E-state index in [1.165, 1.54) is 4.70 Å². The molecule has 0 saturated carbocycles. The topological polar surface area (TPSA) is 62.5 Å². The Balaban J connectivity index is 1.39. The van der Waals surface area contributed by atoms with Crippen LogP contribution in [0, 0.1) is 13.8 Å². The zero-order chi connectivity index (χ0) is 17.7. The smallest absolute Gasteiger partial charge is 0.154 e. The van der Waals surface area contributed by atoms with E-state index in [1.807, 2.05) is 17.5 Å². The minimum Gasteiger partial charge on any atom is -0.352 e. The normalized spacial score (nSPS) is 15.3. The molecule has 5 heterocycles. The maximum absolute atomic E-state index is 4.80. The minimum absolute atomic E-state index is 0.906. The molecule has 0 spiro atoms. The summed E-state index contributed by atoms with van der Waals surface area (Å²) in [6.07, 6.45) is 1.66. The second-order valence-electron chi connectivity index (χ2n) is 6.55. The van der Waals surface area contributed by atoms with E-state index in [2.05, 4.69) is 49.2 Å². The van der Waals surface area contributed by atoms with Crippen LogP contribution in [-0.2, 0) is 0 Å². The highest BCUT2D eigenvalue weighted by atomic mass is 32.1. The average molecular weight is 365 g/mol. The fourth-order valence-corrected chi connectivity index (χ4v) is 4.32. The number of thiophene rings is 1. The van der Waals surface area contributed by atoms with Gasteiger partial charge in [0.2, 0.25) is 0 Å². The molecule has 0 aromatic carbocycles. The number of imidazole rings is 1. The van der Waals surface area contributed by atoms with Gasteiger partial charge in [-0.3, -0.25) is 0 Å². The van der Waals surface area contributed by atoms with Gasteiger partial charge in [-0.15, -0.1) is 16.4 Å². The van der Waals surface area contributed by atoms with Gasteiger partial charge < -0.3 is 9.80 Å². The summed E-state index contributed by atoms with van der Waals surface area (Å²) in [7, 11) is 0. The van der Waals surface area contributed by atoms with Gasteiger partial charge in [0.15, 0.2) is 5.65 Å². The van der Waals surface area contributed by atoms with Crippen molar-refractivity contribution < 1.29 is 0 Å². The maximum atomic E-state index is 4.80. The second kappa shape index (κ2) is 5.91. The fourth-order valence-electron chi connectivity index (χ4n) is 3.46. The molecule has 0 amide bonds. The maximum Gasteiger partial charge on any atom is 0.154 e. The van der Waals surface area contributed by atoms with E-state index in [9.17, 15) is 0 Å². The number of aryl methyl sites for hydroxylation is 2. The molecule has 0 radical (unpaired) electrons. The molecule has 5 rings (SSSR count). The molecule has 0 atom stereocenters. The number of anilines is 2. The highest BCUT2D eigenvalue weighted by Crippen LogP contribution is 2.29. The Bertz CT molecular complexity index is 1090. The zero-order valence-corrected chi connectivity index (χ0v) is 15.6. The van der Waals surface area contributed by atoms with Gasteiger partial charge in [0.1, 0.15) is 18.0 Å². The second-order valence-corrected chi connectivity index (χ2v) is 7.47. The third-order valence-corrected chi connectivity index (χ3v) is 5.95. The van der Waals surface area contributed by atoms with Crippen molar-refractivity contribution in [2.75, 3.05) is 36.0 Å². The van der Waals surface area contributed by atoms with Crippen molar-refractivity contribution in [3.8, 4) is 0 Å². The lowest BCUT2D eigenvalue weighted by Gasteiger charge is -2.36. The SMILES string of the molecule is Cc1nc2ccc(N3CCN(c4ncnc5ccsc45)CC3)nn2c1C. The molecule has 132 valence electrons. The fraction of sp³-hybridized carbons (Fsp3) is 0.333. The van der Waals surface area contributed by atoms with Gasteiger partial charge in [-0.1, -0.05) is 0 Å². The van der Waals surface area contributed by atoms with Crippen molar-refractivity contribution in [1.29, 1.82) is 0 Å². The van der Waals surface area contributed by atoms with E-state index in [0.717, 1.165) is 60.4 Å². The van der Waals surface area contributed by atoms with Gasteiger partial charge in [-0.05, 0) is 37.4 Å². The first-order valence-corrected chi connectivity index (χ1v) is 9.60. The molecule has 1 aliphatic heterocycles. The van der Waals surface area contributed by atoms with Crippen LogP contribution in [0.2, 0.25) is 0 Å². The van der Waals surface area contributed by atoms with Gasteiger partial charge in [0, 0.05) is 26.2 Å². The number of rotatable bonds is 2. The predicted molar refractivity (Wildman–Crippen MR) is 104 cm³/mol. The molecule has 4 aromatic heterocycles. The Hall–Kier alpha value is -2.74. The lowest BCUT2D eigenvalue weighted by atomic mass is 10.3. The predicted octanol–water partition coefficient (Wildman–Crippen LogP) is 2.68. The van der Waals surface area contributed by atoms with Crippen molar-refractivity contribution in [2.45, 2.75) is 13.8 Å². The van der Waals surface area contributed by atoms with E-state index >= 15 is 0 Å². The van der Waals surface area contributed by atoms with Crippen LogP contribution in [-0.4, -0.2) is 50.7 Å². The minimum atomic E-state index is 0.906. The van der Waals surface area contributed by atoms with Crippen molar-refractivity contribution in [1.82, 2.24) is 24.6 Å². The van der Waals surface area contributed by atoms with Crippen LogP contribution >= 0.6 is 11.3 Å². The van der Waals surface area contributed by atoms with E-state index < -0.39 is 0 Å². The first kappa shape index (κ1) is 15.5. The lowest BCUT2D eigenvalue weighted by molar-refractivity contribution is 0.637. The standard InChI is InChI=1S/C18H19N7S/c1-12-13(2)25-15(21-12)3-4-16(22-25)23-6-8-24(9-7-23)18-17-14(5-10-26-17)19-11-20-18/h3-5,10-11H,6-9H2,1-2H3. The number of hydrogen-bond acceptors (Lipinski definition) is 7. The summed E-state index contributed by atoms with van der Waals surface area (Å²) < 4.78 is 3.11. The van der Waals surface area contributed by atoms with Gasteiger partial charge in [0.05, 0.1) is 21.6 Å². The molecule has 0 aliphatic carbocycles. The van der Waals surface area contributed by atoms with E-state index in [-0.39, 0.29) is 0 Å². The highest BCUT2D eigenvalue weighted by molar-refractivity contribution is 7.17. The van der Waals surface area contributed by atoms with Crippen LogP contribution in [0.3, 0.4) is 0 Å². The van der Waals surface area contributed by atoms with Crippen molar-refractivity contribution in [2.24, 2.45) is 0 Å². The average Bonchev–Trinajstić information content (AvgIpc) is 3.26. The number of fused-ring (bicyclic) bond motifs is 2. The molecule has 0 bridgehead atoms. The van der Waals surface area contributed by atoms with Crippen LogP contribution in [0.25, 0.3) is 15.9 Å². The summed E-state index contributed by atoms with van der Waals surface area (Å²) in [6, 6.07) is 6.17. The molecular formula is C18H19N7S. The van der Waals surface area contributed by atoms with E-state index in [1.54, 1.807) is 17.7 Å². The molecule has 7 nitrogen and oxygen atoms in total. The Morgan fingerprint density at radius 3 is 2.62 bits per heavy atom. The molecule has 1 fully saturated rings. The molecule has 0 N–H and O–H groups in total. The molecule has 0 unspecified atom stereocenters. The van der Waals surface area contributed by atoms with Gasteiger partial charge >= 0.3 is 0 Å². The van der Waals surface area contributed by atoms with Crippen molar-refractivity contribution in [3.63, 3.8) is 0 Å². The molecule has 8 heteroatoms. The summed E-state index contributed by atoms with van der Waals surface area (Å²) in [5, 5.41) is 6.87. The lowest BCUT2D eigenvalue weighted by Crippen LogP contribution is -2.47. The number of piperazine rings is 1. The van der Waals surface area contributed by atoms with E-state index in [0.29, 0.717) is 0 Å². The quantitative estimate of drug-likeness (QED) is 0.544. The van der Waals surface area contributed by atoms with Gasteiger partial charge in [-0.25, -0.2) is 19.5 Å². The van der Waals surface area contributed by atoms with Crippen molar-refractivity contribution >= 4 is 38.8 Å². The third kappa shape index (κ3) is 2.40. The van der Waals surface area contributed by atoms with Crippen LogP contribution in [0.1, 0.15) is 11.4 Å². The molecular weight excluding hydrogens is 346 g/mol. The van der Waals surface area contributed by atoms with Crippen LogP contribution in [0.5, 0.6) is 0 Å². The summed E-state index contributed by atoms with van der Waals surface area (Å²) in [5.74, 6) is 2.05. The van der Waals surface area contributed by atoms with Gasteiger partial charge in [0.25, 0.3) is 0 Å². The van der Waals surface area contributed by atoms with Crippen molar-refractivity contribution in [3.05, 3.63) is 41.3 Å². The zero-order valence-electron chi connectivity index (χ0n) is 14.8. The Morgan fingerprint density at radius 1 is 0.962 bits per heavy atom. The van der Waals surface area contributed by atoms with Gasteiger partial charge in [-0.2, -0.15) is 0 Å². The Labute approximate surface area is 154 Å². The summed E-state index contributed by atoms with van der Waals surface area (Å²) in [4.78, 5) is 18.1. The highest BCUT2D eigenvalue weighted by Gasteiger charge is 2.22.